The minimum Gasteiger partial charge on any atom is -0.477 e. The van der Waals surface area contributed by atoms with Crippen molar-refractivity contribution in [1.29, 1.82) is 0 Å². The summed E-state index contributed by atoms with van der Waals surface area (Å²) in [6, 6.07) is 12.6. The van der Waals surface area contributed by atoms with Gasteiger partial charge >= 0.3 is 5.97 Å². The van der Waals surface area contributed by atoms with E-state index in [4.69, 9.17) is 23.2 Å². The maximum absolute atomic E-state index is 12.4. The number of rotatable bonds is 6. The molecule has 5 nitrogen and oxygen atoms in total. The molecular formula is C18H12Cl2N2O3S. The Bertz CT molecular complexity index is 974. The molecule has 0 spiro atoms. The molecule has 2 N–H and O–H groups in total. The molecule has 0 saturated heterocycles. The molecule has 0 aliphatic rings. The first-order valence-electron chi connectivity index (χ1n) is 7.46. The van der Waals surface area contributed by atoms with E-state index in [0.717, 1.165) is 21.8 Å². The maximum atomic E-state index is 12.4. The van der Waals surface area contributed by atoms with Crippen molar-refractivity contribution in [3.05, 3.63) is 69.3 Å². The number of nitrogens with zero attached hydrogens (tertiary/aromatic N) is 1. The fourth-order valence-electron chi connectivity index (χ4n) is 2.31. The number of ketones is 1. The fourth-order valence-corrected chi connectivity index (χ4v) is 3.66. The Morgan fingerprint density at radius 1 is 1.15 bits per heavy atom. The van der Waals surface area contributed by atoms with Crippen molar-refractivity contribution in [2.45, 2.75) is 0 Å². The lowest BCUT2D eigenvalue weighted by Gasteiger charge is -2.06. The summed E-state index contributed by atoms with van der Waals surface area (Å²) >= 11 is 12.9. The number of anilines is 1. The van der Waals surface area contributed by atoms with Gasteiger partial charge in [-0.05, 0) is 17.7 Å². The molecule has 2 aromatic heterocycles. The first kappa shape index (κ1) is 18.4. The predicted octanol–water partition coefficient (Wildman–Crippen LogP) is 5.11. The lowest BCUT2D eigenvalue weighted by molar-refractivity contribution is 0.0702. The molecule has 0 radical (unpaired) electrons. The smallest absolute Gasteiger partial charge is 0.348 e. The Morgan fingerprint density at radius 2 is 1.88 bits per heavy atom. The first-order chi connectivity index (χ1) is 12.5. The maximum Gasteiger partial charge on any atom is 0.348 e. The number of hydrogen-bond donors (Lipinski definition) is 2. The van der Waals surface area contributed by atoms with E-state index >= 15 is 0 Å². The minimum absolute atomic E-state index is 0.0509. The van der Waals surface area contributed by atoms with Gasteiger partial charge in [-0.3, -0.25) is 4.79 Å². The SMILES string of the molecule is O=C(CNc1cc(-c2ccccc2)sc1C(=O)O)c1cc(Cl)cnc1Cl. The van der Waals surface area contributed by atoms with Crippen LogP contribution in [0.3, 0.4) is 0 Å². The first-order valence-corrected chi connectivity index (χ1v) is 9.03. The molecule has 26 heavy (non-hydrogen) atoms. The number of aromatic carboxylic acids is 1. The second-order valence-electron chi connectivity index (χ2n) is 5.29. The molecule has 0 aliphatic carbocycles. The van der Waals surface area contributed by atoms with Crippen LogP contribution in [0.5, 0.6) is 0 Å². The van der Waals surface area contributed by atoms with Gasteiger partial charge < -0.3 is 10.4 Å². The molecule has 132 valence electrons. The zero-order chi connectivity index (χ0) is 18.7. The van der Waals surface area contributed by atoms with Crippen molar-refractivity contribution in [3.8, 4) is 10.4 Å². The van der Waals surface area contributed by atoms with E-state index < -0.39 is 5.97 Å². The average Bonchev–Trinajstić information content (AvgIpc) is 3.07. The van der Waals surface area contributed by atoms with E-state index in [2.05, 4.69) is 10.3 Å². The molecular weight excluding hydrogens is 395 g/mol. The Labute approximate surface area is 163 Å². The summed E-state index contributed by atoms with van der Waals surface area (Å²) in [4.78, 5) is 28.6. The van der Waals surface area contributed by atoms with Crippen LogP contribution < -0.4 is 5.32 Å². The van der Waals surface area contributed by atoms with Crippen LogP contribution in [0.15, 0.2) is 48.7 Å². The minimum atomic E-state index is -1.06. The summed E-state index contributed by atoms with van der Waals surface area (Å²) < 4.78 is 0. The van der Waals surface area contributed by atoms with E-state index in [1.165, 1.54) is 12.3 Å². The van der Waals surface area contributed by atoms with Crippen molar-refractivity contribution in [1.82, 2.24) is 4.98 Å². The number of carbonyl (C=O) groups excluding carboxylic acids is 1. The summed E-state index contributed by atoms with van der Waals surface area (Å²) in [6.45, 7) is -0.132. The molecule has 0 saturated carbocycles. The van der Waals surface area contributed by atoms with Gasteiger partial charge in [-0.1, -0.05) is 53.5 Å². The van der Waals surface area contributed by atoms with Crippen LogP contribution in [0.2, 0.25) is 10.2 Å². The normalized spacial score (nSPS) is 10.5. The van der Waals surface area contributed by atoms with Gasteiger partial charge in [0.25, 0.3) is 0 Å². The molecule has 0 amide bonds. The largest absolute Gasteiger partial charge is 0.477 e. The topological polar surface area (TPSA) is 79.3 Å². The Balaban J connectivity index is 1.83. The Hall–Kier alpha value is -2.41. The van der Waals surface area contributed by atoms with Crippen LogP contribution in [0.25, 0.3) is 10.4 Å². The monoisotopic (exact) mass is 406 g/mol. The van der Waals surface area contributed by atoms with Crippen molar-refractivity contribution in [2.75, 3.05) is 11.9 Å². The number of thiophene rings is 1. The standard InChI is InChI=1S/C18H12Cl2N2O3S/c19-11-6-12(17(20)22-8-11)14(23)9-21-13-7-15(26-16(13)18(24)25)10-4-2-1-3-5-10/h1-8,21H,9H2,(H,24,25). The second-order valence-corrected chi connectivity index (χ2v) is 7.14. The van der Waals surface area contributed by atoms with Gasteiger partial charge in [0.05, 0.1) is 22.8 Å². The second kappa shape index (κ2) is 7.86. The molecule has 8 heteroatoms. The van der Waals surface area contributed by atoms with E-state index in [1.807, 2.05) is 30.3 Å². The molecule has 0 unspecified atom stereocenters. The van der Waals surface area contributed by atoms with Crippen LogP contribution in [0, 0.1) is 0 Å². The van der Waals surface area contributed by atoms with Gasteiger partial charge in [0, 0.05) is 11.1 Å². The zero-order valence-corrected chi connectivity index (χ0v) is 15.5. The van der Waals surface area contributed by atoms with Crippen LogP contribution in [0.1, 0.15) is 20.0 Å². The van der Waals surface area contributed by atoms with Crippen LogP contribution >= 0.6 is 34.5 Å². The van der Waals surface area contributed by atoms with Gasteiger partial charge in [-0.2, -0.15) is 0 Å². The highest BCUT2D eigenvalue weighted by Gasteiger charge is 2.18. The van der Waals surface area contributed by atoms with Crippen molar-refractivity contribution in [2.24, 2.45) is 0 Å². The molecule has 0 aliphatic heterocycles. The van der Waals surface area contributed by atoms with Gasteiger partial charge in [-0.15, -0.1) is 11.3 Å². The van der Waals surface area contributed by atoms with Gasteiger partial charge in [-0.25, -0.2) is 9.78 Å². The van der Waals surface area contributed by atoms with Gasteiger partial charge in [0.1, 0.15) is 10.0 Å². The third kappa shape index (κ3) is 4.04. The summed E-state index contributed by atoms with van der Waals surface area (Å²) in [5.74, 6) is -1.40. The summed E-state index contributed by atoms with van der Waals surface area (Å²) in [5.41, 5.74) is 1.46. The number of carboxylic acids is 1. The van der Waals surface area contributed by atoms with Crippen molar-refractivity contribution < 1.29 is 14.7 Å². The van der Waals surface area contributed by atoms with Crippen LogP contribution in [0.4, 0.5) is 5.69 Å². The zero-order valence-electron chi connectivity index (χ0n) is 13.2. The number of hydrogen-bond acceptors (Lipinski definition) is 5. The fraction of sp³-hybridized carbons (Fsp3) is 0.0556. The molecule has 1 aromatic carbocycles. The molecule has 0 atom stereocenters. The molecule has 3 rings (SSSR count). The third-order valence-electron chi connectivity index (χ3n) is 3.53. The molecule has 0 bridgehead atoms. The molecule has 0 fully saturated rings. The number of Topliss-reactive ketones (excluding diaryl/α,β-unsaturated/α-hetero) is 1. The van der Waals surface area contributed by atoms with E-state index in [9.17, 15) is 14.7 Å². The molecule has 2 heterocycles. The highest BCUT2D eigenvalue weighted by Crippen LogP contribution is 2.34. The Kier molecular flexibility index (Phi) is 5.56. The number of nitrogens with one attached hydrogen (secondary N) is 1. The Morgan fingerprint density at radius 3 is 2.58 bits per heavy atom. The summed E-state index contributed by atoms with van der Waals surface area (Å²) in [7, 11) is 0. The summed E-state index contributed by atoms with van der Waals surface area (Å²) in [6.07, 6.45) is 1.35. The summed E-state index contributed by atoms with van der Waals surface area (Å²) in [5, 5.41) is 12.7. The van der Waals surface area contributed by atoms with Crippen molar-refractivity contribution >= 4 is 52.0 Å². The van der Waals surface area contributed by atoms with Crippen LogP contribution in [-0.4, -0.2) is 28.4 Å². The highest BCUT2D eigenvalue weighted by atomic mass is 35.5. The lowest BCUT2D eigenvalue weighted by atomic mass is 10.1. The number of carbonyl (C=O) groups is 2. The number of aromatic nitrogens is 1. The van der Waals surface area contributed by atoms with E-state index in [0.29, 0.717) is 10.7 Å². The number of benzene rings is 1. The third-order valence-corrected chi connectivity index (χ3v) is 5.21. The van der Waals surface area contributed by atoms with Gasteiger partial charge in [0.15, 0.2) is 5.78 Å². The highest BCUT2D eigenvalue weighted by molar-refractivity contribution is 7.18. The van der Waals surface area contributed by atoms with Crippen LogP contribution in [-0.2, 0) is 0 Å². The quantitative estimate of drug-likeness (QED) is 0.439. The molecule has 3 aromatic rings. The van der Waals surface area contributed by atoms with Crippen molar-refractivity contribution in [3.63, 3.8) is 0 Å². The van der Waals surface area contributed by atoms with E-state index in [1.54, 1.807) is 6.07 Å². The lowest BCUT2D eigenvalue weighted by Crippen LogP contribution is -2.15. The average molecular weight is 407 g/mol. The number of carboxylic acid groups (broad SMARTS) is 1. The van der Waals surface area contributed by atoms with E-state index in [-0.39, 0.29) is 27.9 Å². The predicted molar refractivity (Wildman–Crippen MR) is 104 cm³/mol. The number of pyridine rings is 1. The number of halogens is 2. The van der Waals surface area contributed by atoms with Gasteiger partial charge in [0.2, 0.25) is 0 Å².